The van der Waals surface area contributed by atoms with Crippen LogP contribution in [0.2, 0.25) is 0 Å². The molecular formula is C37H34FN13O2. The summed E-state index contributed by atoms with van der Waals surface area (Å²) < 4.78 is 27.6. The van der Waals surface area contributed by atoms with Crippen molar-refractivity contribution >= 4 is 56.7 Å². The summed E-state index contributed by atoms with van der Waals surface area (Å²) in [6.45, 7) is 3.78. The Labute approximate surface area is 302 Å². The van der Waals surface area contributed by atoms with Crippen LogP contribution in [0.4, 0.5) is 39.0 Å². The highest BCUT2D eigenvalue weighted by atomic mass is 19.1. The van der Waals surface area contributed by atoms with Gasteiger partial charge >= 0.3 is 0 Å². The number of anilines is 6. The molecule has 266 valence electrons. The molecule has 15 nitrogen and oxygen atoms in total. The van der Waals surface area contributed by atoms with Gasteiger partial charge in [0.05, 0.1) is 48.2 Å². The van der Waals surface area contributed by atoms with Gasteiger partial charge in [-0.25, -0.2) is 19.3 Å². The molecule has 16 heteroatoms. The zero-order valence-corrected chi connectivity index (χ0v) is 29.1. The maximum Gasteiger partial charge on any atom is 0.239 e. The minimum atomic E-state index is -0.471. The van der Waals surface area contributed by atoms with E-state index in [9.17, 15) is 4.39 Å². The molecule has 53 heavy (non-hydrogen) atoms. The topological polar surface area (TPSA) is 195 Å². The summed E-state index contributed by atoms with van der Waals surface area (Å²) in [5, 5.41) is 6.23. The lowest BCUT2D eigenvalue weighted by molar-refractivity contribution is 0.386. The van der Waals surface area contributed by atoms with Crippen LogP contribution in [0, 0.1) is 19.7 Å². The maximum absolute atomic E-state index is 13.9. The van der Waals surface area contributed by atoms with E-state index in [1.807, 2.05) is 77.6 Å². The minimum absolute atomic E-state index is 0.170. The standard InChI is InChI=1S/C19H17FN6O.C18H17N7O/c1-11-22-14-5-3-4-6-15(14)26(11)19-24-17(21)10-18(25-19)23-12-7-8-16(27-2)13(20)9-12;1-11-21-13-5-3-4-6-14(13)25(11)18-23-15(19)9-16(24-18)22-12-7-8-17(26-2)20-10-12/h3-10H,1-2H3,(H3,21,23,24,25);3-10H,1-2H3,(H3,19,22,23,24). The molecule has 0 radical (unpaired) electrons. The number of nitrogens with two attached hydrogens (primary N) is 2. The molecule has 8 rings (SSSR count). The molecule has 0 aliphatic rings. The van der Waals surface area contributed by atoms with Gasteiger partial charge in [0.2, 0.25) is 17.8 Å². The number of aryl methyl sites for hydroxylation is 2. The monoisotopic (exact) mass is 711 g/mol. The molecule has 0 aliphatic carbocycles. The Hall–Kier alpha value is -7.36. The average molecular weight is 712 g/mol. The molecule has 5 heterocycles. The average Bonchev–Trinajstić information content (AvgIpc) is 3.66. The van der Waals surface area contributed by atoms with Gasteiger partial charge in [0.25, 0.3) is 0 Å². The lowest BCUT2D eigenvalue weighted by atomic mass is 10.3. The van der Waals surface area contributed by atoms with Crippen molar-refractivity contribution < 1.29 is 13.9 Å². The fraction of sp³-hybridized carbons (Fsp3) is 0.108. The highest BCUT2D eigenvalue weighted by Gasteiger charge is 2.15. The van der Waals surface area contributed by atoms with E-state index in [2.05, 4.69) is 45.5 Å². The minimum Gasteiger partial charge on any atom is -0.494 e. The lowest BCUT2D eigenvalue weighted by Gasteiger charge is -2.11. The van der Waals surface area contributed by atoms with Gasteiger partial charge < -0.3 is 31.6 Å². The van der Waals surface area contributed by atoms with Crippen LogP contribution in [-0.4, -0.2) is 58.2 Å². The van der Waals surface area contributed by atoms with Crippen molar-refractivity contribution in [3.8, 4) is 23.5 Å². The van der Waals surface area contributed by atoms with Crippen molar-refractivity contribution in [3.63, 3.8) is 0 Å². The number of ether oxygens (including phenoxy) is 2. The summed E-state index contributed by atoms with van der Waals surface area (Å²) in [6, 6.07) is 27.0. The van der Waals surface area contributed by atoms with Crippen LogP contribution in [0.1, 0.15) is 11.6 Å². The highest BCUT2D eigenvalue weighted by molar-refractivity contribution is 5.78. The molecule has 5 aromatic heterocycles. The second kappa shape index (κ2) is 14.5. The summed E-state index contributed by atoms with van der Waals surface area (Å²) in [5.74, 6) is 4.26. The van der Waals surface area contributed by atoms with E-state index in [-0.39, 0.29) is 11.6 Å². The number of halogens is 1. The molecular weight excluding hydrogens is 677 g/mol. The quantitative estimate of drug-likeness (QED) is 0.134. The predicted molar refractivity (Wildman–Crippen MR) is 202 cm³/mol. The Balaban J connectivity index is 0.000000164. The van der Waals surface area contributed by atoms with Gasteiger partial charge in [0.1, 0.15) is 34.9 Å². The third-order valence-electron chi connectivity index (χ3n) is 7.97. The number of hydrogen-bond acceptors (Lipinski definition) is 13. The smallest absolute Gasteiger partial charge is 0.239 e. The van der Waals surface area contributed by atoms with Crippen LogP contribution in [0.25, 0.3) is 34.0 Å². The number of rotatable bonds is 8. The van der Waals surface area contributed by atoms with E-state index in [1.54, 1.807) is 37.6 Å². The van der Waals surface area contributed by atoms with E-state index < -0.39 is 5.82 Å². The van der Waals surface area contributed by atoms with Gasteiger partial charge in [-0.15, -0.1) is 0 Å². The van der Waals surface area contributed by atoms with Crippen molar-refractivity contribution in [1.82, 2.24) is 44.0 Å². The van der Waals surface area contributed by atoms with Gasteiger partial charge in [0.15, 0.2) is 11.6 Å². The first-order chi connectivity index (χ1) is 25.7. The predicted octanol–water partition coefficient (Wildman–Crippen LogP) is 6.45. The summed E-state index contributed by atoms with van der Waals surface area (Å²) >= 11 is 0. The third kappa shape index (κ3) is 7.27. The van der Waals surface area contributed by atoms with Crippen LogP contribution in [0.15, 0.2) is 97.2 Å². The first-order valence-corrected chi connectivity index (χ1v) is 16.2. The maximum atomic E-state index is 13.9. The SMILES string of the molecule is COc1ccc(Nc2cc(N)nc(-n3c(C)nc4ccccc43)n2)cc1F.COc1ccc(Nc2cc(N)nc(-n3c(C)nc4ccccc43)n2)cn1. The molecule has 6 N–H and O–H groups in total. The van der Waals surface area contributed by atoms with E-state index >= 15 is 0 Å². The number of fused-ring (bicyclic) bond motifs is 2. The van der Waals surface area contributed by atoms with Gasteiger partial charge in [-0.2, -0.15) is 19.9 Å². The Kier molecular flexibility index (Phi) is 9.31. The number of benzene rings is 3. The highest BCUT2D eigenvalue weighted by Crippen LogP contribution is 2.26. The largest absolute Gasteiger partial charge is 0.494 e. The molecule has 0 aliphatic heterocycles. The second-order valence-electron chi connectivity index (χ2n) is 11.6. The van der Waals surface area contributed by atoms with Crippen LogP contribution in [0.3, 0.4) is 0 Å². The molecule has 0 spiro atoms. The summed E-state index contributed by atoms with van der Waals surface area (Å²) in [4.78, 5) is 31.0. The summed E-state index contributed by atoms with van der Waals surface area (Å²) in [5.41, 5.74) is 16.8. The number of nitrogens with zero attached hydrogens (tertiary/aromatic N) is 9. The number of nitrogens with one attached hydrogen (secondary N) is 2. The molecule has 0 atom stereocenters. The summed E-state index contributed by atoms with van der Waals surface area (Å²) in [7, 11) is 2.99. The molecule has 0 saturated heterocycles. The third-order valence-corrected chi connectivity index (χ3v) is 7.97. The first kappa shape index (κ1) is 34.1. The van der Waals surface area contributed by atoms with Gasteiger partial charge in [-0.3, -0.25) is 9.13 Å². The molecule has 3 aromatic carbocycles. The van der Waals surface area contributed by atoms with Crippen LogP contribution in [0.5, 0.6) is 11.6 Å². The molecule has 0 saturated carbocycles. The fourth-order valence-electron chi connectivity index (χ4n) is 5.65. The number of para-hydroxylation sites is 4. The van der Waals surface area contributed by atoms with E-state index in [0.29, 0.717) is 40.9 Å². The lowest BCUT2D eigenvalue weighted by Crippen LogP contribution is -2.07. The zero-order valence-electron chi connectivity index (χ0n) is 29.1. The van der Waals surface area contributed by atoms with Gasteiger partial charge in [0, 0.05) is 30.0 Å². The Morgan fingerprint density at radius 3 is 1.62 bits per heavy atom. The van der Waals surface area contributed by atoms with E-state index in [4.69, 9.17) is 20.9 Å². The van der Waals surface area contributed by atoms with Crippen molar-refractivity contribution in [2.24, 2.45) is 0 Å². The number of methoxy groups -OCH3 is 2. The van der Waals surface area contributed by atoms with Crippen molar-refractivity contribution in [3.05, 3.63) is 115 Å². The molecule has 0 amide bonds. The second-order valence-corrected chi connectivity index (χ2v) is 11.6. The zero-order chi connectivity index (χ0) is 37.1. The number of aromatic nitrogens is 9. The van der Waals surface area contributed by atoms with E-state index in [0.717, 1.165) is 39.4 Å². The van der Waals surface area contributed by atoms with E-state index in [1.165, 1.54) is 19.2 Å². The number of hydrogen-bond donors (Lipinski definition) is 4. The van der Waals surface area contributed by atoms with Gasteiger partial charge in [-0.1, -0.05) is 24.3 Å². The Morgan fingerprint density at radius 2 is 1.13 bits per heavy atom. The molecule has 0 fully saturated rings. The van der Waals surface area contributed by atoms with Crippen LogP contribution in [-0.2, 0) is 0 Å². The summed E-state index contributed by atoms with van der Waals surface area (Å²) in [6.07, 6.45) is 1.66. The van der Waals surface area contributed by atoms with Crippen LogP contribution < -0.4 is 31.6 Å². The molecule has 0 bridgehead atoms. The number of nitrogen functional groups attached to an aromatic ring is 2. The Morgan fingerprint density at radius 1 is 0.604 bits per heavy atom. The number of imidazole rings is 2. The molecule has 8 aromatic rings. The van der Waals surface area contributed by atoms with Crippen molar-refractivity contribution in [1.29, 1.82) is 0 Å². The first-order valence-electron chi connectivity index (χ1n) is 16.2. The molecule has 0 unspecified atom stereocenters. The fourth-order valence-corrected chi connectivity index (χ4v) is 5.65. The van der Waals surface area contributed by atoms with Gasteiger partial charge in [-0.05, 0) is 56.3 Å². The van der Waals surface area contributed by atoms with Crippen molar-refractivity contribution in [2.45, 2.75) is 13.8 Å². The normalized spacial score (nSPS) is 10.9. The number of pyridine rings is 1. The van der Waals surface area contributed by atoms with Crippen LogP contribution >= 0.6 is 0 Å². The Bertz CT molecular complexity index is 2570. The van der Waals surface area contributed by atoms with Crippen molar-refractivity contribution in [2.75, 3.05) is 36.3 Å².